The number of anilines is 3. The number of ether oxygens (including phenoxy) is 1. The summed E-state index contributed by atoms with van der Waals surface area (Å²) in [6.45, 7) is 1.09. The van der Waals surface area contributed by atoms with E-state index in [1.165, 1.54) is 12.1 Å². The highest BCUT2D eigenvalue weighted by molar-refractivity contribution is 7.90. The number of benzene rings is 2. The number of para-hydroxylation sites is 1. The van der Waals surface area contributed by atoms with Gasteiger partial charge in [-0.1, -0.05) is 12.1 Å². The van der Waals surface area contributed by atoms with Crippen LogP contribution < -0.4 is 19.7 Å². The first-order chi connectivity index (χ1) is 21.5. The molecule has 1 amide bonds. The predicted molar refractivity (Wildman–Crippen MR) is 163 cm³/mol. The third-order valence-corrected chi connectivity index (χ3v) is 9.43. The number of alkyl halides is 2. The maximum absolute atomic E-state index is 13.5. The highest BCUT2D eigenvalue weighted by Crippen LogP contribution is 2.39. The number of H-pyrrole nitrogens is 1. The van der Waals surface area contributed by atoms with E-state index in [9.17, 15) is 32.1 Å². The molecule has 2 aliphatic rings. The number of carbonyl (C=O) groups excluding carboxylic acids is 1. The number of pyridine rings is 1. The van der Waals surface area contributed by atoms with Crippen molar-refractivity contribution in [2.45, 2.75) is 42.9 Å². The lowest BCUT2D eigenvalue weighted by Gasteiger charge is -2.28. The number of nitrogens with one attached hydrogen (secondary N) is 3. The molecule has 6 rings (SSSR count). The van der Waals surface area contributed by atoms with E-state index in [0.29, 0.717) is 42.5 Å². The summed E-state index contributed by atoms with van der Waals surface area (Å²) in [6.07, 6.45) is 2.42. The van der Waals surface area contributed by atoms with Crippen molar-refractivity contribution in [3.63, 3.8) is 0 Å². The largest absolute Gasteiger partial charge is 0.476 e. The van der Waals surface area contributed by atoms with Gasteiger partial charge in [0.05, 0.1) is 27.7 Å². The second-order valence-corrected chi connectivity index (χ2v) is 12.8. The summed E-state index contributed by atoms with van der Waals surface area (Å²) >= 11 is 0. The summed E-state index contributed by atoms with van der Waals surface area (Å²) < 4.78 is 61.6. The minimum absolute atomic E-state index is 0.0557. The number of hydrogen-bond donors (Lipinski definition) is 3. The Morgan fingerprint density at radius 2 is 1.91 bits per heavy atom. The molecule has 4 aromatic rings. The Hall–Kier alpha value is -4.79. The molecule has 1 aliphatic heterocycles. The van der Waals surface area contributed by atoms with Gasteiger partial charge in [-0.25, -0.2) is 21.9 Å². The fraction of sp³-hybridized carbons (Fsp3) is 0.333. The average Bonchev–Trinajstić information content (AvgIpc) is 3.37. The second kappa shape index (κ2) is 12.0. The number of nitrogens with zero attached hydrogens (tertiary/aromatic N) is 3. The lowest BCUT2D eigenvalue weighted by atomic mass is 9.87. The summed E-state index contributed by atoms with van der Waals surface area (Å²) in [7, 11) is -4.54. The second-order valence-electron chi connectivity index (χ2n) is 11.1. The number of nitro groups is 1. The zero-order chi connectivity index (χ0) is 31.8. The highest BCUT2D eigenvalue weighted by Gasteiger charge is 2.35. The fourth-order valence-electron chi connectivity index (χ4n) is 5.69. The number of hydrogen-bond acceptors (Lipinski definition) is 9. The van der Waals surface area contributed by atoms with Crippen molar-refractivity contribution in [1.29, 1.82) is 0 Å². The Morgan fingerprint density at radius 3 is 2.69 bits per heavy atom. The summed E-state index contributed by atoms with van der Waals surface area (Å²) in [5, 5.41) is 15.6. The molecule has 0 unspecified atom stereocenters. The summed E-state index contributed by atoms with van der Waals surface area (Å²) in [4.78, 5) is 33.6. The lowest BCUT2D eigenvalue weighted by molar-refractivity contribution is -0.384. The molecule has 3 N–H and O–H groups in total. The minimum Gasteiger partial charge on any atom is -0.476 e. The van der Waals surface area contributed by atoms with Crippen molar-refractivity contribution in [3.05, 3.63) is 76.5 Å². The predicted octanol–water partition coefficient (Wildman–Crippen LogP) is 5.75. The third kappa shape index (κ3) is 6.38. The number of aromatic nitrogens is 2. The number of halogens is 2. The molecule has 1 fully saturated rings. The smallest absolute Gasteiger partial charge is 0.293 e. The molecule has 1 saturated carbocycles. The van der Waals surface area contributed by atoms with Crippen LogP contribution in [0.25, 0.3) is 11.0 Å². The Labute approximate surface area is 257 Å². The molecule has 15 heteroatoms. The molecule has 236 valence electrons. The number of sulfonamides is 1. The molecule has 0 spiro atoms. The van der Waals surface area contributed by atoms with Crippen LogP contribution in [0.1, 0.15) is 42.5 Å². The van der Waals surface area contributed by atoms with Gasteiger partial charge in [0.25, 0.3) is 21.6 Å². The van der Waals surface area contributed by atoms with Gasteiger partial charge >= 0.3 is 0 Å². The van der Waals surface area contributed by atoms with Gasteiger partial charge in [0.2, 0.25) is 11.8 Å². The van der Waals surface area contributed by atoms with Gasteiger partial charge in [0, 0.05) is 43.6 Å². The monoisotopic (exact) mass is 640 g/mol. The molecule has 1 aliphatic carbocycles. The molecule has 12 nitrogen and oxygen atoms in total. The lowest BCUT2D eigenvalue weighted by Crippen LogP contribution is -2.32. The molecule has 3 heterocycles. The van der Waals surface area contributed by atoms with E-state index in [1.807, 2.05) is 17.0 Å². The van der Waals surface area contributed by atoms with Crippen molar-refractivity contribution >= 4 is 49.7 Å². The van der Waals surface area contributed by atoms with Gasteiger partial charge < -0.3 is 19.9 Å². The van der Waals surface area contributed by atoms with E-state index in [2.05, 4.69) is 20.0 Å². The van der Waals surface area contributed by atoms with Crippen LogP contribution >= 0.6 is 0 Å². The minimum atomic E-state index is -4.54. The molecule has 0 radical (unpaired) electrons. The van der Waals surface area contributed by atoms with Crippen LogP contribution in [0.4, 0.5) is 31.5 Å². The van der Waals surface area contributed by atoms with Gasteiger partial charge in [-0.2, -0.15) is 4.98 Å². The molecule has 45 heavy (non-hydrogen) atoms. The van der Waals surface area contributed by atoms with E-state index < -0.39 is 37.4 Å². The number of aromatic amines is 1. The van der Waals surface area contributed by atoms with Gasteiger partial charge in [-0.3, -0.25) is 14.9 Å². The van der Waals surface area contributed by atoms with Crippen LogP contribution in [0.15, 0.2) is 65.7 Å². The first-order valence-electron chi connectivity index (χ1n) is 14.5. The van der Waals surface area contributed by atoms with Crippen LogP contribution in [0.5, 0.6) is 5.88 Å². The topological polar surface area (TPSA) is 160 Å². The number of fused-ring (bicyclic) bond motifs is 2. The van der Waals surface area contributed by atoms with E-state index in [1.54, 1.807) is 24.4 Å². The van der Waals surface area contributed by atoms with E-state index in [4.69, 9.17) is 4.74 Å². The maximum atomic E-state index is 13.5. The van der Waals surface area contributed by atoms with E-state index in [0.717, 1.165) is 17.5 Å². The molecule has 2 aromatic heterocycles. The van der Waals surface area contributed by atoms with Gasteiger partial charge in [-0.15, -0.1) is 0 Å². The van der Waals surface area contributed by atoms with Crippen molar-refractivity contribution in [1.82, 2.24) is 14.7 Å². The molecule has 0 saturated heterocycles. The first-order valence-corrected chi connectivity index (χ1v) is 15.9. The van der Waals surface area contributed by atoms with Crippen LogP contribution in [0.3, 0.4) is 0 Å². The van der Waals surface area contributed by atoms with Crippen molar-refractivity contribution < 1.29 is 31.7 Å². The quantitative estimate of drug-likeness (QED) is 0.161. The molecular weight excluding hydrogens is 610 g/mol. The van der Waals surface area contributed by atoms with E-state index in [-0.39, 0.29) is 49.4 Å². The molecule has 0 bridgehead atoms. The third-order valence-electron chi connectivity index (χ3n) is 8.10. The Kier molecular flexibility index (Phi) is 8.03. The number of nitro benzene ring substituents is 1. The molecular formula is C30H30F2N6O6S. The van der Waals surface area contributed by atoms with Crippen LogP contribution in [-0.2, 0) is 10.0 Å². The number of amides is 1. The highest BCUT2D eigenvalue weighted by atomic mass is 32.2. The van der Waals surface area contributed by atoms with Crippen LogP contribution in [-0.4, -0.2) is 54.8 Å². The Bertz CT molecular complexity index is 1870. The van der Waals surface area contributed by atoms with Crippen molar-refractivity contribution in [2.24, 2.45) is 5.92 Å². The number of rotatable bonds is 8. The number of carbonyl (C=O) groups is 1. The van der Waals surface area contributed by atoms with Gasteiger partial charge in [-0.05, 0) is 61.6 Å². The summed E-state index contributed by atoms with van der Waals surface area (Å²) in [5.41, 5.74) is 1.29. The summed E-state index contributed by atoms with van der Waals surface area (Å²) in [5.74, 6) is -3.35. The SMILES string of the molecule is O=C(NS(=O)(=O)c1ccc(NCC2CCC(F)(F)CC2)c([N+](=O)[O-])c1)c1ccccc1N1CCCOc2nc3[nH]ccc3cc21. The first kappa shape index (κ1) is 30.2. The van der Waals surface area contributed by atoms with Gasteiger partial charge in [0.15, 0.2) is 0 Å². The van der Waals surface area contributed by atoms with Gasteiger partial charge in [0.1, 0.15) is 17.0 Å². The average molecular weight is 641 g/mol. The van der Waals surface area contributed by atoms with Crippen LogP contribution in [0, 0.1) is 16.0 Å². The Balaban J connectivity index is 1.23. The normalized spacial score (nSPS) is 16.8. The zero-order valence-corrected chi connectivity index (χ0v) is 24.8. The molecule has 0 atom stereocenters. The Morgan fingerprint density at radius 1 is 1.13 bits per heavy atom. The van der Waals surface area contributed by atoms with Crippen LogP contribution in [0.2, 0.25) is 0 Å². The molecule has 2 aromatic carbocycles. The fourth-order valence-corrected chi connectivity index (χ4v) is 6.68. The van der Waals surface area contributed by atoms with E-state index >= 15 is 0 Å². The standard InChI is InChI=1S/C30H30F2N6O6S/c31-30(32)11-8-19(9-12-30)18-34-23-7-6-21(17-25(23)38(40)41)45(42,43)36-28(39)22-4-1-2-5-24(22)37-14-3-15-44-29-26(37)16-20-10-13-33-27(20)35-29/h1-2,4-7,10,13,16-17,19,34H,3,8-9,11-12,14-15,18H2,(H,33,35)(H,36,39). The summed E-state index contributed by atoms with van der Waals surface area (Å²) in [6, 6.07) is 13.5. The zero-order valence-electron chi connectivity index (χ0n) is 24.0. The maximum Gasteiger partial charge on any atom is 0.293 e. The van der Waals surface area contributed by atoms with Crippen molar-refractivity contribution in [2.75, 3.05) is 29.9 Å². The van der Waals surface area contributed by atoms with Crippen molar-refractivity contribution in [3.8, 4) is 5.88 Å².